The average molecular weight is 629 g/mol. The summed E-state index contributed by atoms with van der Waals surface area (Å²) >= 11 is 1.18. The van der Waals surface area contributed by atoms with Crippen LogP contribution in [0.5, 0.6) is 11.5 Å². The van der Waals surface area contributed by atoms with Gasteiger partial charge >= 0.3 is 0 Å². The highest BCUT2D eigenvalue weighted by molar-refractivity contribution is 7.14. The number of anilines is 1. The van der Waals surface area contributed by atoms with Crippen LogP contribution in [-0.4, -0.2) is 93.2 Å². The number of rotatable bonds is 11. The summed E-state index contributed by atoms with van der Waals surface area (Å²) in [7, 11) is 9.01. The van der Waals surface area contributed by atoms with Crippen LogP contribution in [0, 0.1) is 17.0 Å². The molecule has 0 spiro atoms. The number of aliphatic carboxylic acids is 1. The number of amides is 2. The maximum absolute atomic E-state index is 13.9. The fourth-order valence-electron chi connectivity index (χ4n) is 5.86. The molecule has 1 aromatic heterocycles. The van der Waals surface area contributed by atoms with Gasteiger partial charge in [0.1, 0.15) is 18.1 Å². The molecule has 13 heteroatoms. The number of ether oxygens (including phenoxy) is 2. The molecule has 0 saturated carbocycles. The molecule has 0 radical (unpaired) electrons. The summed E-state index contributed by atoms with van der Waals surface area (Å²) in [6.45, 7) is 1.49. The Balaban J connectivity index is 1.27. The number of aromatic nitrogens is 1. The zero-order valence-corrected chi connectivity index (χ0v) is 26.0. The number of carbonyl (C=O) groups excluding carboxylic acids is 3. The highest BCUT2D eigenvalue weighted by atomic mass is 32.1. The van der Waals surface area contributed by atoms with Crippen LogP contribution in [0.1, 0.15) is 17.5 Å². The standard InChI is InChI=1S/C31H34F2N4O6S/c1-35(29(41)31(15-27(38)39)13-18-10-22(32)23(33)11-19(18)14-31)30-34-24(17-44-30)21-7-6-20(12-26(21)42-5)43-9-8-36-16-25(28(36)40)37(2,3)4/h6-7,10-12,17,25H,8-9,13-16H2,1-5H3. The summed E-state index contributed by atoms with van der Waals surface area (Å²) in [6.07, 6.45) is -0.733. The molecule has 2 aliphatic rings. The Bertz CT molecular complexity index is 1590. The van der Waals surface area contributed by atoms with Crippen LogP contribution in [0.3, 0.4) is 0 Å². The highest BCUT2D eigenvalue weighted by Crippen LogP contribution is 2.43. The molecule has 1 aliphatic carbocycles. The van der Waals surface area contributed by atoms with Crippen LogP contribution in [-0.2, 0) is 27.2 Å². The summed E-state index contributed by atoms with van der Waals surface area (Å²) < 4.78 is 39.9. The minimum atomic E-state index is -1.47. The molecular formula is C31H34F2N4O6S. The van der Waals surface area contributed by atoms with Gasteiger partial charge < -0.3 is 28.8 Å². The first kappa shape index (κ1) is 31.3. The third kappa shape index (κ3) is 5.98. The molecule has 1 aliphatic heterocycles. The van der Waals surface area contributed by atoms with Crippen molar-refractivity contribution in [3.63, 3.8) is 0 Å². The third-order valence-electron chi connectivity index (χ3n) is 8.32. The van der Waals surface area contributed by atoms with Crippen molar-refractivity contribution in [2.75, 3.05) is 59.9 Å². The molecular weight excluding hydrogens is 594 g/mol. The number of methoxy groups -OCH3 is 1. The van der Waals surface area contributed by atoms with Gasteiger partial charge in [-0.25, -0.2) is 13.8 Å². The van der Waals surface area contributed by atoms with Gasteiger partial charge in [0.15, 0.2) is 22.8 Å². The maximum atomic E-state index is 13.9. The van der Waals surface area contributed by atoms with Crippen LogP contribution in [0.25, 0.3) is 11.3 Å². The minimum absolute atomic E-state index is 0.0324. The number of carbonyl (C=O) groups is 3. The molecule has 2 heterocycles. The number of likely N-dealkylation sites (tertiary alicyclic amines) is 1. The van der Waals surface area contributed by atoms with Gasteiger partial charge in [0.2, 0.25) is 5.91 Å². The number of hydrogen-bond acceptors (Lipinski definition) is 8. The van der Waals surface area contributed by atoms with E-state index in [4.69, 9.17) is 9.47 Å². The van der Waals surface area contributed by atoms with Crippen molar-refractivity contribution < 1.29 is 42.2 Å². The van der Waals surface area contributed by atoms with Crippen molar-refractivity contribution in [2.45, 2.75) is 25.3 Å². The Morgan fingerprint density at radius 3 is 2.39 bits per heavy atom. The van der Waals surface area contributed by atoms with Crippen LogP contribution in [0.4, 0.5) is 13.9 Å². The lowest BCUT2D eigenvalue weighted by molar-refractivity contribution is -0.890. The number of hydrogen-bond donors (Lipinski definition) is 0. The number of fused-ring (bicyclic) bond motifs is 1. The van der Waals surface area contributed by atoms with Gasteiger partial charge in [-0.15, -0.1) is 11.3 Å². The molecule has 2 aromatic carbocycles. The molecule has 10 nitrogen and oxygen atoms in total. The van der Waals surface area contributed by atoms with Gasteiger partial charge in [0.05, 0.1) is 52.5 Å². The molecule has 234 valence electrons. The number of quaternary nitrogens is 1. The number of likely N-dealkylation sites (N-methyl/N-ethyl adjacent to an activating group) is 1. The molecule has 44 heavy (non-hydrogen) atoms. The molecule has 1 unspecified atom stereocenters. The van der Waals surface area contributed by atoms with Crippen LogP contribution in [0.15, 0.2) is 35.7 Å². The van der Waals surface area contributed by atoms with Crippen LogP contribution >= 0.6 is 11.3 Å². The molecule has 1 atom stereocenters. The summed E-state index contributed by atoms with van der Waals surface area (Å²) in [5.74, 6) is -2.92. The third-order valence-corrected chi connectivity index (χ3v) is 9.24. The summed E-state index contributed by atoms with van der Waals surface area (Å²) in [5, 5.41) is 13.7. The predicted octanol–water partition coefficient (Wildman–Crippen LogP) is 2.28. The number of carboxylic acid groups (broad SMARTS) is 1. The lowest BCUT2D eigenvalue weighted by Crippen LogP contribution is -2.68. The number of halogens is 2. The Morgan fingerprint density at radius 2 is 1.82 bits per heavy atom. The molecule has 1 saturated heterocycles. The first-order valence-corrected chi connectivity index (χ1v) is 14.9. The number of thiazole rings is 1. The van der Waals surface area contributed by atoms with Crippen LogP contribution < -0.4 is 19.5 Å². The quantitative estimate of drug-likeness (QED) is 0.237. The number of nitrogens with zero attached hydrogens (tertiary/aromatic N) is 4. The minimum Gasteiger partial charge on any atom is -0.550 e. The number of benzene rings is 2. The predicted molar refractivity (Wildman–Crippen MR) is 157 cm³/mol. The van der Waals surface area contributed by atoms with E-state index in [1.54, 1.807) is 28.5 Å². The monoisotopic (exact) mass is 628 g/mol. The zero-order valence-electron chi connectivity index (χ0n) is 25.2. The normalized spacial score (nSPS) is 17.2. The molecule has 0 bridgehead atoms. The summed E-state index contributed by atoms with van der Waals surface area (Å²) in [4.78, 5) is 45.5. The molecule has 1 fully saturated rings. The van der Waals surface area contributed by atoms with E-state index in [9.17, 15) is 28.3 Å². The summed E-state index contributed by atoms with van der Waals surface area (Å²) in [5.41, 5.74) is 0.493. The fourth-order valence-corrected chi connectivity index (χ4v) is 6.65. The Morgan fingerprint density at radius 1 is 1.16 bits per heavy atom. The van der Waals surface area contributed by atoms with Gasteiger partial charge in [0, 0.05) is 36.4 Å². The second-order valence-electron chi connectivity index (χ2n) is 12.2. The average Bonchev–Trinajstić information content (AvgIpc) is 3.58. The molecule has 2 amide bonds. The van der Waals surface area contributed by atoms with E-state index in [2.05, 4.69) is 4.98 Å². The SMILES string of the molecule is COc1cc(OCCN2CC([N+](C)(C)C)C2=O)ccc1-c1csc(N(C)C(=O)C2(CC(=O)[O-])Cc3cc(F)c(F)cc3C2)n1. The van der Waals surface area contributed by atoms with E-state index < -0.39 is 35.3 Å². The largest absolute Gasteiger partial charge is 0.550 e. The second kappa shape index (κ2) is 11.8. The Hall–Kier alpha value is -4.10. The smallest absolute Gasteiger partial charge is 0.283 e. The van der Waals surface area contributed by atoms with Crippen molar-refractivity contribution in [3.05, 3.63) is 58.5 Å². The topological polar surface area (TPSA) is 112 Å². The second-order valence-corrected chi connectivity index (χ2v) is 13.1. The van der Waals surface area contributed by atoms with E-state index in [0.717, 1.165) is 12.1 Å². The maximum Gasteiger partial charge on any atom is 0.283 e. The molecule has 5 rings (SSSR count). The highest BCUT2D eigenvalue weighted by Gasteiger charge is 2.47. The van der Waals surface area contributed by atoms with Crippen molar-refractivity contribution in [2.24, 2.45) is 5.41 Å². The van der Waals surface area contributed by atoms with Gasteiger partial charge in [-0.3, -0.25) is 14.5 Å². The van der Waals surface area contributed by atoms with Crippen molar-refractivity contribution >= 4 is 34.3 Å². The molecule has 3 aromatic rings. The van der Waals surface area contributed by atoms with Crippen molar-refractivity contribution in [3.8, 4) is 22.8 Å². The Kier molecular flexibility index (Phi) is 8.38. The zero-order chi connectivity index (χ0) is 32.0. The number of β-lactam (4-membered cyclic amide) rings is 1. The van der Waals surface area contributed by atoms with E-state index in [1.165, 1.54) is 30.4 Å². The van der Waals surface area contributed by atoms with Gasteiger partial charge in [0.25, 0.3) is 5.91 Å². The Labute approximate surface area is 258 Å². The van der Waals surface area contributed by atoms with E-state index in [-0.39, 0.29) is 24.8 Å². The van der Waals surface area contributed by atoms with Gasteiger partial charge in [-0.2, -0.15) is 0 Å². The van der Waals surface area contributed by atoms with E-state index >= 15 is 0 Å². The summed E-state index contributed by atoms with van der Waals surface area (Å²) in [6, 6.07) is 7.27. The van der Waals surface area contributed by atoms with Gasteiger partial charge in [-0.1, -0.05) is 0 Å². The lowest BCUT2D eigenvalue weighted by atomic mass is 9.80. The lowest BCUT2D eigenvalue weighted by Gasteiger charge is -2.45. The molecule has 0 N–H and O–H groups in total. The van der Waals surface area contributed by atoms with Crippen molar-refractivity contribution in [1.82, 2.24) is 9.88 Å². The number of carboxylic acids is 1. The first-order valence-electron chi connectivity index (χ1n) is 14.0. The van der Waals surface area contributed by atoms with Gasteiger partial charge in [-0.05, 0) is 48.2 Å². The van der Waals surface area contributed by atoms with E-state index in [0.29, 0.717) is 63.2 Å². The fraction of sp³-hybridized carbons (Fsp3) is 0.419. The van der Waals surface area contributed by atoms with E-state index in [1.807, 2.05) is 21.1 Å². The van der Waals surface area contributed by atoms with Crippen molar-refractivity contribution in [1.29, 1.82) is 0 Å². The van der Waals surface area contributed by atoms with Crippen LogP contribution in [0.2, 0.25) is 0 Å². The first-order chi connectivity index (χ1) is 20.7.